The summed E-state index contributed by atoms with van der Waals surface area (Å²) in [5, 5.41) is 4.79. The van der Waals surface area contributed by atoms with Crippen LogP contribution in [0.25, 0.3) is 11.3 Å². The monoisotopic (exact) mass is 469 g/mol. The molecule has 0 aliphatic heterocycles. The number of nitrogens with zero attached hydrogens (tertiary/aromatic N) is 3. The molecule has 0 amide bonds. The van der Waals surface area contributed by atoms with E-state index in [1.165, 1.54) is 18.4 Å². The molecule has 8 heteroatoms. The second kappa shape index (κ2) is 9.49. The van der Waals surface area contributed by atoms with Crippen LogP contribution in [0.5, 0.6) is 0 Å². The Balaban J connectivity index is 2.07. The van der Waals surface area contributed by atoms with Crippen LogP contribution in [0.1, 0.15) is 37.6 Å². The molecule has 3 aromatic rings. The largest absolute Gasteiger partial charge is 0.460 e. The molecule has 0 atom stereocenters. The van der Waals surface area contributed by atoms with Gasteiger partial charge in [0.25, 0.3) is 0 Å². The predicted molar refractivity (Wildman–Crippen MR) is 128 cm³/mol. The molecule has 0 aliphatic rings. The molecule has 7 nitrogen and oxygen atoms in total. The number of rotatable bonds is 7. The molecule has 0 saturated carbocycles. The van der Waals surface area contributed by atoms with Crippen LogP contribution in [0, 0.1) is 6.92 Å². The molecule has 0 fully saturated rings. The first-order chi connectivity index (χ1) is 15.4. The fourth-order valence-electron chi connectivity index (χ4n) is 3.54. The molecule has 0 saturated heterocycles. The van der Waals surface area contributed by atoms with Gasteiger partial charge in [-0.05, 0) is 39.3 Å². The summed E-state index contributed by atoms with van der Waals surface area (Å²) in [4.78, 5) is 12.9. The molecule has 1 aromatic heterocycles. The molecule has 0 N–H and O–H groups in total. The van der Waals surface area contributed by atoms with Crippen molar-refractivity contribution >= 4 is 16.0 Å². The van der Waals surface area contributed by atoms with E-state index < -0.39 is 15.6 Å². The molecule has 176 valence electrons. The normalized spacial score (nSPS) is 12.2. The summed E-state index contributed by atoms with van der Waals surface area (Å²) >= 11 is 0. The smallest absolute Gasteiger partial charge is 0.310 e. The third kappa shape index (κ3) is 5.69. The van der Waals surface area contributed by atoms with Crippen LogP contribution < -0.4 is 0 Å². The van der Waals surface area contributed by atoms with E-state index in [0.717, 1.165) is 16.8 Å². The Bertz CT molecular complexity index is 1240. The van der Waals surface area contributed by atoms with E-state index in [9.17, 15) is 13.2 Å². The van der Waals surface area contributed by atoms with Crippen LogP contribution in [0.2, 0.25) is 0 Å². The minimum absolute atomic E-state index is 0.0744. The highest BCUT2D eigenvalue weighted by atomic mass is 32.2. The van der Waals surface area contributed by atoms with Gasteiger partial charge < -0.3 is 4.74 Å². The molecular formula is C25H31N3O4S. The maximum atomic E-state index is 12.8. The van der Waals surface area contributed by atoms with Crippen molar-refractivity contribution in [3.05, 3.63) is 71.4 Å². The number of sulfonamides is 1. The maximum Gasteiger partial charge on any atom is 0.310 e. The van der Waals surface area contributed by atoms with E-state index in [1.54, 1.807) is 22.9 Å². The number of hydrogen-bond acceptors (Lipinski definition) is 5. The van der Waals surface area contributed by atoms with Crippen LogP contribution in [0.15, 0.2) is 59.5 Å². The van der Waals surface area contributed by atoms with Gasteiger partial charge in [0.1, 0.15) is 5.60 Å². The van der Waals surface area contributed by atoms with Crippen molar-refractivity contribution in [3.8, 4) is 11.3 Å². The summed E-state index contributed by atoms with van der Waals surface area (Å²) in [7, 11) is -0.594. The van der Waals surface area contributed by atoms with Crippen molar-refractivity contribution in [2.75, 3.05) is 14.1 Å². The molecule has 0 spiro atoms. The molecular weight excluding hydrogens is 438 g/mol. The van der Waals surface area contributed by atoms with Gasteiger partial charge in [-0.25, -0.2) is 12.7 Å². The Kier molecular flexibility index (Phi) is 7.09. The SMILES string of the molecule is Cc1c(CC(=O)OC(C)(C)C)c(-c2ccccc2)nn1Cc1ccccc1S(=O)(=O)N(C)C. The predicted octanol–water partition coefficient (Wildman–Crippen LogP) is 4.04. The van der Waals surface area contributed by atoms with Crippen LogP contribution >= 0.6 is 0 Å². The van der Waals surface area contributed by atoms with Gasteiger partial charge in [-0.2, -0.15) is 5.10 Å². The Labute approximate surface area is 196 Å². The first-order valence-electron chi connectivity index (χ1n) is 10.7. The maximum absolute atomic E-state index is 12.8. The summed E-state index contributed by atoms with van der Waals surface area (Å²) in [6, 6.07) is 16.5. The van der Waals surface area contributed by atoms with Gasteiger partial charge in [0.2, 0.25) is 10.0 Å². The Morgan fingerprint density at radius 2 is 1.64 bits per heavy atom. The summed E-state index contributed by atoms with van der Waals surface area (Å²) in [5.41, 5.74) is 3.16. The molecule has 0 unspecified atom stereocenters. The van der Waals surface area contributed by atoms with Gasteiger partial charge in [0.15, 0.2) is 0 Å². The second-order valence-corrected chi connectivity index (χ2v) is 11.2. The molecule has 33 heavy (non-hydrogen) atoms. The van der Waals surface area contributed by atoms with Gasteiger partial charge in [-0.1, -0.05) is 48.5 Å². The van der Waals surface area contributed by atoms with E-state index >= 15 is 0 Å². The van der Waals surface area contributed by atoms with Gasteiger partial charge in [-0.15, -0.1) is 0 Å². The van der Waals surface area contributed by atoms with Crippen molar-refractivity contribution in [2.24, 2.45) is 0 Å². The molecule has 0 radical (unpaired) electrons. The number of ether oxygens (including phenoxy) is 1. The lowest BCUT2D eigenvalue weighted by atomic mass is 10.0. The van der Waals surface area contributed by atoms with Crippen molar-refractivity contribution < 1.29 is 17.9 Å². The zero-order valence-electron chi connectivity index (χ0n) is 20.0. The van der Waals surface area contributed by atoms with Gasteiger partial charge >= 0.3 is 5.97 Å². The molecule has 0 bridgehead atoms. The van der Waals surface area contributed by atoms with Crippen LogP contribution in [0.3, 0.4) is 0 Å². The molecule has 0 aliphatic carbocycles. The van der Waals surface area contributed by atoms with E-state index in [2.05, 4.69) is 0 Å². The lowest BCUT2D eigenvalue weighted by molar-refractivity contribution is -0.153. The minimum atomic E-state index is -3.62. The second-order valence-electron chi connectivity index (χ2n) is 9.09. The number of aromatic nitrogens is 2. The summed E-state index contributed by atoms with van der Waals surface area (Å²) in [5.74, 6) is -0.335. The zero-order valence-corrected chi connectivity index (χ0v) is 20.8. The van der Waals surface area contributed by atoms with Crippen molar-refractivity contribution in [1.82, 2.24) is 14.1 Å². The Morgan fingerprint density at radius 3 is 2.24 bits per heavy atom. The van der Waals surface area contributed by atoms with Crippen molar-refractivity contribution in [1.29, 1.82) is 0 Å². The highest BCUT2D eigenvalue weighted by Crippen LogP contribution is 2.28. The van der Waals surface area contributed by atoms with Crippen LogP contribution in [-0.2, 0) is 32.5 Å². The third-order valence-electron chi connectivity index (χ3n) is 5.17. The van der Waals surface area contributed by atoms with E-state index in [1.807, 2.05) is 64.1 Å². The Hall–Kier alpha value is -2.97. The van der Waals surface area contributed by atoms with Gasteiger partial charge in [-0.3, -0.25) is 9.48 Å². The summed E-state index contributed by atoms with van der Waals surface area (Å²) in [6.45, 7) is 7.65. The number of hydrogen-bond donors (Lipinski definition) is 0. The lowest BCUT2D eigenvalue weighted by Gasteiger charge is -2.19. The number of benzene rings is 2. The quantitative estimate of drug-likeness (QED) is 0.488. The first-order valence-corrected chi connectivity index (χ1v) is 12.2. The topological polar surface area (TPSA) is 81.5 Å². The average molecular weight is 470 g/mol. The number of carbonyl (C=O) groups is 1. The molecule has 1 heterocycles. The molecule has 2 aromatic carbocycles. The van der Waals surface area contributed by atoms with Crippen molar-refractivity contribution in [3.63, 3.8) is 0 Å². The lowest BCUT2D eigenvalue weighted by Crippen LogP contribution is -2.25. The summed E-state index contributed by atoms with van der Waals surface area (Å²) in [6.07, 6.45) is 0.0744. The first kappa shape index (κ1) is 24.7. The summed E-state index contributed by atoms with van der Waals surface area (Å²) < 4.78 is 34.2. The average Bonchev–Trinajstić information content (AvgIpc) is 3.03. The third-order valence-corrected chi connectivity index (χ3v) is 7.09. The highest BCUT2D eigenvalue weighted by molar-refractivity contribution is 7.89. The highest BCUT2D eigenvalue weighted by Gasteiger charge is 2.25. The molecule has 3 rings (SSSR count). The van der Waals surface area contributed by atoms with Crippen molar-refractivity contribution in [2.45, 2.75) is 51.2 Å². The van der Waals surface area contributed by atoms with E-state index in [-0.39, 0.29) is 23.8 Å². The van der Waals surface area contributed by atoms with Gasteiger partial charge in [0, 0.05) is 30.9 Å². The fraction of sp³-hybridized carbons (Fsp3) is 0.360. The van der Waals surface area contributed by atoms with Gasteiger partial charge in [0.05, 0.1) is 23.6 Å². The van der Waals surface area contributed by atoms with Crippen LogP contribution in [-0.4, -0.2) is 48.2 Å². The van der Waals surface area contributed by atoms with E-state index in [0.29, 0.717) is 11.3 Å². The number of carbonyl (C=O) groups excluding carboxylic acids is 1. The standard InChI is InChI=1S/C25H31N3O4S/c1-18-21(16-23(29)32-25(2,3)4)24(19-12-8-7-9-13-19)26-28(18)17-20-14-10-11-15-22(20)33(30,31)27(5)6/h7-15H,16-17H2,1-6H3. The number of esters is 1. The van der Waals surface area contributed by atoms with Crippen LogP contribution in [0.4, 0.5) is 0 Å². The zero-order chi connectivity index (χ0) is 24.4. The Morgan fingerprint density at radius 1 is 1.03 bits per heavy atom. The minimum Gasteiger partial charge on any atom is -0.460 e. The fourth-order valence-corrected chi connectivity index (χ4v) is 4.65. The van der Waals surface area contributed by atoms with E-state index in [4.69, 9.17) is 9.84 Å².